The van der Waals surface area contributed by atoms with Gasteiger partial charge in [-0.3, -0.25) is 0 Å². The van der Waals surface area contributed by atoms with E-state index in [4.69, 9.17) is 4.42 Å². The van der Waals surface area contributed by atoms with Crippen LogP contribution in [0.15, 0.2) is 95.4 Å². The van der Waals surface area contributed by atoms with Crippen molar-refractivity contribution in [2.24, 2.45) is 0 Å². The summed E-state index contributed by atoms with van der Waals surface area (Å²) in [6.07, 6.45) is 0. The maximum absolute atomic E-state index is 6.59. The van der Waals surface area contributed by atoms with E-state index in [1.165, 1.54) is 71.1 Å². The highest BCUT2D eigenvalue weighted by Gasteiger charge is 2.36. The molecular weight excluding hydrogens is 426 g/mol. The lowest BCUT2D eigenvalue weighted by Crippen LogP contribution is -2.14. The number of furan rings is 1. The van der Waals surface area contributed by atoms with Crippen molar-refractivity contribution in [2.75, 3.05) is 0 Å². The van der Waals surface area contributed by atoms with Gasteiger partial charge in [-0.15, -0.1) is 0 Å². The first kappa shape index (κ1) is 18.1. The Balaban J connectivity index is 1.60. The molecule has 0 fully saturated rings. The van der Waals surface area contributed by atoms with E-state index >= 15 is 0 Å². The normalized spacial score (nSPS) is 14.8. The van der Waals surface area contributed by atoms with Gasteiger partial charge in [0.15, 0.2) is 0 Å². The van der Waals surface area contributed by atoms with Crippen LogP contribution in [0.2, 0.25) is 0 Å². The highest BCUT2D eigenvalue weighted by molar-refractivity contribution is 6.33. The van der Waals surface area contributed by atoms with E-state index in [0.29, 0.717) is 0 Å². The second-order valence-electron chi connectivity index (χ2n) is 10.6. The summed E-state index contributed by atoms with van der Waals surface area (Å²) in [7, 11) is 0. The van der Waals surface area contributed by atoms with E-state index in [2.05, 4.69) is 109 Å². The number of fused-ring (bicyclic) bond motifs is 13. The Bertz CT molecular complexity index is 2190. The smallest absolute Gasteiger partial charge is 0.145 e. The fourth-order valence-corrected chi connectivity index (χ4v) is 6.93. The number of nitrogens with zero attached hydrogens (tertiary/aromatic N) is 1. The molecule has 0 radical (unpaired) electrons. The summed E-state index contributed by atoms with van der Waals surface area (Å²) < 4.78 is 9.06. The van der Waals surface area contributed by atoms with Crippen molar-refractivity contribution in [3.8, 4) is 11.1 Å². The Kier molecular flexibility index (Phi) is 2.93. The number of benzene rings is 5. The Morgan fingerprint density at radius 1 is 0.600 bits per heavy atom. The summed E-state index contributed by atoms with van der Waals surface area (Å²) in [4.78, 5) is 0. The molecule has 1 aliphatic carbocycles. The molecule has 3 aromatic heterocycles. The van der Waals surface area contributed by atoms with Crippen molar-refractivity contribution < 1.29 is 4.42 Å². The van der Waals surface area contributed by atoms with Gasteiger partial charge in [0.05, 0.1) is 21.9 Å². The van der Waals surface area contributed by atoms with Gasteiger partial charge in [0.2, 0.25) is 0 Å². The summed E-state index contributed by atoms with van der Waals surface area (Å²) >= 11 is 0. The molecule has 0 aliphatic heterocycles. The van der Waals surface area contributed by atoms with Gasteiger partial charge in [-0.1, -0.05) is 74.5 Å². The summed E-state index contributed by atoms with van der Waals surface area (Å²) in [5.74, 6) is 0. The van der Waals surface area contributed by atoms with Crippen molar-refractivity contribution >= 4 is 60.0 Å². The maximum atomic E-state index is 6.59. The molecule has 35 heavy (non-hydrogen) atoms. The van der Waals surface area contributed by atoms with E-state index in [-0.39, 0.29) is 5.41 Å². The summed E-state index contributed by atoms with van der Waals surface area (Å²) in [6.45, 7) is 4.71. The van der Waals surface area contributed by atoms with Crippen molar-refractivity contribution in [2.45, 2.75) is 19.3 Å². The molecular formula is C33H21NO. The number of rotatable bonds is 0. The number of hydrogen-bond acceptors (Lipinski definition) is 1. The molecule has 3 heterocycles. The van der Waals surface area contributed by atoms with Crippen molar-refractivity contribution in [1.29, 1.82) is 0 Å². The minimum absolute atomic E-state index is 0.0352. The van der Waals surface area contributed by atoms with E-state index < -0.39 is 0 Å². The van der Waals surface area contributed by atoms with Crippen LogP contribution in [-0.4, -0.2) is 4.40 Å². The van der Waals surface area contributed by atoms with Gasteiger partial charge in [0.1, 0.15) is 11.2 Å². The van der Waals surface area contributed by atoms with Crippen LogP contribution in [0.5, 0.6) is 0 Å². The minimum atomic E-state index is -0.0352. The van der Waals surface area contributed by atoms with Gasteiger partial charge in [-0.2, -0.15) is 0 Å². The van der Waals surface area contributed by atoms with Gasteiger partial charge >= 0.3 is 0 Å². The second kappa shape index (κ2) is 5.67. The fourth-order valence-electron chi connectivity index (χ4n) is 6.93. The Morgan fingerprint density at radius 3 is 2.29 bits per heavy atom. The average Bonchev–Trinajstić information content (AvgIpc) is 3.58. The fraction of sp³-hybridized carbons (Fsp3) is 0.0909. The van der Waals surface area contributed by atoms with Gasteiger partial charge in [-0.05, 0) is 52.6 Å². The molecule has 0 saturated heterocycles. The molecule has 2 heteroatoms. The third kappa shape index (κ3) is 1.93. The van der Waals surface area contributed by atoms with E-state index in [1.54, 1.807) is 0 Å². The molecule has 1 aliphatic rings. The predicted molar refractivity (Wildman–Crippen MR) is 146 cm³/mol. The molecule has 0 saturated carbocycles. The van der Waals surface area contributed by atoms with Crippen LogP contribution < -0.4 is 0 Å². The van der Waals surface area contributed by atoms with Crippen LogP contribution in [-0.2, 0) is 5.41 Å². The standard InChI is InChI=1S/C33H21NO/c1-33(2)25-12-6-3-9-18(25)21-15-24-28(17-26(21)33)34-27-13-7-4-10-19(27)22-16-23-20-11-5-8-14-29(20)35-32(23)30(24)31(22)34/h3-17H,1-2H3. The first-order chi connectivity index (χ1) is 17.1. The summed E-state index contributed by atoms with van der Waals surface area (Å²) in [6, 6.07) is 33.3. The monoisotopic (exact) mass is 447 g/mol. The lowest BCUT2D eigenvalue weighted by molar-refractivity contribution is 0.661. The number of aromatic nitrogens is 1. The zero-order chi connectivity index (χ0) is 23.1. The van der Waals surface area contributed by atoms with Crippen molar-refractivity contribution in [1.82, 2.24) is 4.40 Å². The van der Waals surface area contributed by atoms with E-state index in [0.717, 1.165) is 11.2 Å². The Hall–Kier alpha value is -4.30. The van der Waals surface area contributed by atoms with Crippen LogP contribution in [0, 0.1) is 0 Å². The van der Waals surface area contributed by atoms with E-state index in [1.807, 2.05) is 0 Å². The van der Waals surface area contributed by atoms with Crippen molar-refractivity contribution in [3.05, 3.63) is 102 Å². The SMILES string of the molecule is CC1(C)c2ccccc2-c2cc3c4c5oc6ccccc6c5cc5c6ccccc6n(c3cc21)c54. The molecule has 0 amide bonds. The molecule has 0 atom stereocenters. The quantitative estimate of drug-likeness (QED) is 0.227. The van der Waals surface area contributed by atoms with Crippen molar-refractivity contribution in [3.63, 3.8) is 0 Å². The molecule has 5 aromatic carbocycles. The van der Waals surface area contributed by atoms with Crippen LogP contribution in [0.3, 0.4) is 0 Å². The molecule has 0 bridgehead atoms. The van der Waals surface area contributed by atoms with Gasteiger partial charge in [0, 0.05) is 32.3 Å². The highest BCUT2D eigenvalue weighted by Crippen LogP contribution is 2.52. The molecule has 164 valence electrons. The van der Waals surface area contributed by atoms with Gasteiger partial charge < -0.3 is 8.82 Å². The average molecular weight is 448 g/mol. The van der Waals surface area contributed by atoms with Gasteiger partial charge in [-0.25, -0.2) is 0 Å². The third-order valence-electron chi connectivity index (χ3n) is 8.51. The highest BCUT2D eigenvalue weighted by atomic mass is 16.3. The minimum Gasteiger partial charge on any atom is -0.455 e. The third-order valence-corrected chi connectivity index (χ3v) is 8.51. The Labute approximate surface area is 201 Å². The Morgan fingerprint density at radius 2 is 1.37 bits per heavy atom. The molecule has 9 rings (SSSR count). The summed E-state index contributed by atoms with van der Waals surface area (Å²) in [5.41, 5.74) is 11.2. The lowest BCUT2D eigenvalue weighted by atomic mass is 9.82. The zero-order valence-corrected chi connectivity index (χ0v) is 19.5. The van der Waals surface area contributed by atoms with Crippen LogP contribution >= 0.6 is 0 Å². The lowest BCUT2D eigenvalue weighted by Gasteiger charge is -2.21. The van der Waals surface area contributed by atoms with Crippen LogP contribution in [0.1, 0.15) is 25.0 Å². The van der Waals surface area contributed by atoms with Gasteiger partial charge in [0.25, 0.3) is 0 Å². The molecule has 0 N–H and O–H groups in total. The number of hydrogen-bond donors (Lipinski definition) is 0. The first-order valence-corrected chi connectivity index (χ1v) is 12.3. The second-order valence-corrected chi connectivity index (χ2v) is 10.6. The molecule has 8 aromatic rings. The molecule has 2 nitrogen and oxygen atoms in total. The number of para-hydroxylation sites is 2. The maximum Gasteiger partial charge on any atom is 0.145 e. The molecule has 0 unspecified atom stereocenters. The topological polar surface area (TPSA) is 17.6 Å². The van der Waals surface area contributed by atoms with Crippen LogP contribution in [0.25, 0.3) is 71.2 Å². The first-order valence-electron chi connectivity index (χ1n) is 12.3. The van der Waals surface area contributed by atoms with Crippen LogP contribution in [0.4, 0.5) is 0 Å². The predicted octanol–water partition coefficient (Wildman–Crippen LogP) is 9.04. The van der Waals surface area contributed by atoms with E-state index in [9.17, 15) is 0 Å². The largest absolute Gasteiger partial charge is 0.455 e. The summed E-state index contributed by atoms with van der Waals surface area (Å²) in [5, 5.41) is 7.46. The molecule has 0 spiro atoms. The zero-order valence-electron chi connectivity index (χ0n) is 19.5.